The van der Waals surface area contributed by atoms with Gasteiger partial charge in [-0.05, 0) is 24.0 Å². The van der Waals surface area contributed by atoms with Gasteiger partial charge in [-0.2, -0.15) is 0 Å². The molecule has 0 radical (unpaired) electrons. The van der Waals surface area contributed by atoms with Crippen LogP contribution in [0.15, 0.2) is 23.0 Å². The van der Waals surface area contributed by atoms with E-state index < -0.39 is 5.55 Å². The highest BCUT2D eigenvalue weighted by molar-refractivity contribution is 8.91. The van der Waals surface area contributed by atoms with Gasteiger partial charge in [0.1, 0.15) is 0 Å². The van der Waals surface area contributed by atoms with Gasteiger partial charge in [0.2, 0.25) is 5.55 Å². The molecule has 0 bridgehead atoms. The van der Waals surface area contributed by atoms with E-state index in [0.717, 1.165) is 17.1 Å². The molecule has 14 heavy (non-hydrogen) atoms. The third-order valence-corrected chi connectivity index (χ3v) is 9.93. The van der Waals surface area contributed by atoms with Crippen molar-refractivity contribution in [2.45, 2.75) is 20.8 Å². The molecule has 0 aromatic carbocycles. The standard InChI is InChI=1S/C9H16ClOPS2/c1-5-13-12(11,14-6-2)7-9(10)8(3)4/h7H,3,5-6H2,1-2,4H3/b9-7+. The summed E-state index contributed by atoms with van der Waals surface area (Å²) in [5.74, 6) is 3.33. The van der Waals surface area contributed by atoms with Gasteiger partial charge in [0.25, 0.3) is 0 Å². The minimum atomic E-state index is -2.35. The highest BCUT2D eigenvalue weighted by Gasteiger charge is 2.19. The molecule has 0 saturated heterocycles. The van der Waals surface area contributed by atoms with Gasteiger partial charge in [0.15, 0.2) is 0 Å². The molecule has 0 aliphatic heterocycles. The largest absolute Gasteiger partial charge is 0.296 e. The van der Waals surface area contributed by atoms with Crippen LogP contribution in [0.5, 0.6) is 0 Å². The van der Waals surface area contributed by atoms with Gasteiger partial charge in [-0.1, -0.05) is 54.8 Å². The SMILES string of the molecule is C=C(C)/C(Cl)=C\P(=O)(SCC)SCC. The first kappa shape index (κ1) is 14.7. The zero-order valence-corrected chi connectivity index (χ0v) is 12.0. The van der Waals surface area contributed by atoms with Crippen LogP contribution in [-0.2, 0) is 4.57 Å². The van der Waals surface area contributed by atoms with Crippen molar-refractivity contribution in [2.75, 3.05) is 11.5 Å². The Kier molecular flexibility index (Phi) is 7.41. The van der Waals surface area contributed by atoms with Crippen LogP contribution in [0.4, 0.5) is 0 Å². The van der Waals surface area contributed by atoms with Crippen LogP contribution >= 0.6 is 39.9 Å². The van der Waals surface area contributed by atoms with Crippen LogP contribution in [-0.4, -0.2) is 11.5 Å². The molecule has 5 heteroatoms. The Balaban J connectivity index is 4.75. The highest BCUT2D eigenvalue weighted by Crippen LogP contribution is 2.70. The Morgan fingerprint density at radius 1 is 1.43 bits per heavy atom. The van der Waals surface area contributed by atoms with Crippen molar-refractivity contribution in [3.05, 3.63) is 23.0 Å². The Labute approximate surface area is 99.6 Å². The van der Waals surface area contributed by atoms with Gasteiger partial charge >= 0.3 is 0 Å². The monoisotopic (exact) mass is 270 g/mol. The van der Waals surface area contributed by atoms with Crippen molar-refractivity contribution in [1.82, 2.24) is 0 Å². The first-order valence-corrected chi connectivity index (χ1v) is 9.71. The van der Waals surface area contributed by atoms with E-state index in [1.807, 2.05) is 20.8 Å². The molecule has 0 aromatic heterocycles. The average molecular weight is 271 g/mol. The lowest BCUT2D eigenvalue weighted by Gasteiger charge is -2.11. The Morgan fingerprint density at radius 3 is 2.14 bits per heavy atom. The number of halogens is 1. The van der Waals surface area contributed by atoms with Crippen LogP contribution in [0.3, 0.4) is 0 Å². The fourth-order valence-corrected chi connectivity index (χ4v) is 8.95. The quantitative estimate of drug-likeness (QED) is 0.479. The van der Waals surface area contributed by atoms with Crippen LogP contribution in [0.1, 0.15) is 20.8 Å². The topological polar surface area (TPSA) is 17.1 Å². The minimum Gasteiger partial charge on any atom is -0.296 e. The smallest absolute Gasteiger partial charge is 0.213 e. The summed E-state index contributed by atoms with van der Waals surface area (Å²) in [6, 6.07) is 0. The summed E-state index contributed by atoms with van der Waals surface area (Å²) in [7, 11) is 0. The van der Waals surface area contributed by atoms with E-state index in [2.05, 4.69) is 6.58 Å². The second-order valence-corrected chi connectivity index (χ2v) is 11.5. The molecular formula is C9H16ClOPS2. The molecule has 0 fully saturated rings. The first-order valence-electron chi connectivity index (χ1n) is 4.38. The second kappa shape index (κ2) is 7.05. The van der Waals surface area contributed by atoms with Gasteiger partial charge in [-0.25, -0.2) is 0 Å². The first-order chi connectivity index (χ1) is 6.45. The third kappa shape index (κ3) is 5.55. The van der Waals surface area contributed by atoms with Crippen LogP contribution in [0.25, 0.3) is 0 Å². The van der Waals surface area contributed by atoms with E-state index in [-0.39, 0.29) is 0 Å². The fraction of sp³-hybridized carbons (Fsp3) is 0.556. The van der Waals surface area contributed by atoms with Crippen molar-refractivity contribution in [3.63, 3.8) is 0 Å². The van der Waals surface area contributed by atoms with E-state index in [9.17, 15) is 4.57 Å². The van der Waals surface area contributed by atoms with Crippen molar-refractivity contribution in [2.24, 2.45) is 0 Å². The van der Waals surface area contributed by atoms with Gasteiger partial charge in [0.05, 0.1) is 0 Å². The van der Waals surface area contributed by atoms with Gasteiger partial charge in [-0.3, -0.25) is 4.57 Å². The molecule has 82 valence electrons. The van der Waals surface area contributed by atoms with E-state index in [0.29, 0.717) is 5.03 Å². The highest BCUT2D eigenvalue weighted by atomic mass is 35.5. The van der Waals surface area contributed by atoms with E-state index in [1.54, 1.807) is 5.82 Å². The lowest BCUT2D eigenvalue weighted by Crippen LogP contribution is -1.75. The van der Waals surface area contributed by atoms with E-state index in [1.165, 1.54) is 22.8 Å². The number of hydrogen-bond donors (Lipinski definition) is 0. The van der Waals surface area contributed by atoms with Crippen LogP contribution in [0.2, 0.25) is 0 Å². The molecule has 0 rings (SSSR count). The van der Waals surface area contributed by atoms with Crippen molar-refractivity contribution < 1.29 is 4.57 Å². The summed E-state index contributed by atoms with van der Waals surface area (Å²) in [6.45, 7) is 9.53. The summed E-state index contributed by atoms with van der Waals surface area (Å²) in [6.07, 6.45) is 0. The average Bonchev–Trinajstić information content (AvgIpc) is 2.04. The summed E-state index contributed by atoms with van der Waals surface area (Å²) in [5.41, 5.74) is -1.59. The molecule has 0 aromatic rings. The zero-order chi connectivity index (χ0) is 11.2. The predicted octanol–water partition coefficient (Wildman–Crippen LogP) is 5.34. The van der Waals surface area contributed by atoms with Crippen LogP contribution < -0.4 is 0 Å². The second-order valence-electron chi connectivity index (χ2n) is 2.63. The maximum absolute atomic E-state index is 12.3. The predicted molar refractivity (Wildman–Crippen MR) is 72.6 cm³/mol. The van der Waals surface area contributed by atoms with Gasteiger partial charge in [0, 0.05) is 10.8 Å². The molecule has 0 N–H and O–H groups in total. The summed E-state index contributed by atoms with van der Waals surface area (Å²) >= 11 is 8.87. The number of allylic oxidation sites excluding steroid dienone is 2. The van der Waals surface area contributed by atoms with E-state index in [4.69, 9.17) is 11.6 Å². The molecule has 1 nitrogen and oxygen atoms in total. The Hall–Kier alpha value is 0.700. The molecular weight excluding hydrogens is 255 g/mol. The van der Waals surface area contributed by atoms with Crippen LogP contribution in [0, 0.1) is 0 Å². The molecule has 0 aliphatic rings. The summed E-state index contributed by atoms with van der Waals surface area (Å²) in [4.78, 5) is 0. The lowest BCUT2D eigenvalue weighted by atomic mass is 10.3. The van der Waals surface area contributed by atoms with Crippen molar-refractivity contribution >= 4 is 39.9 Å². The normalized spacial score (nSPS) is 13.0. The molecule has 0 amide bonds. The Bertz CT molecular complexity index is 266. The third-order valence-electron chi connectivity index (χ3n) is 1.30. The molecule has 0 spiro atoms. The molecule has 0 saturated carbocycles. The minimum absolute atomic E-state index is 0.523. The fourth-order valence-electron chi connectivity index (χ4n) is 0.721. The molecule has 0 aliphatic carbocycles. The molecule has 0 atom stereocenters. The van der Waals surface area contributed by atoms with Gasteiger partial charge in [-0.15, -0.1) is 0 Å². The Morgan fingerprint density at radius 2 is 1.86 bits per heavy atom. The summed E-state index contributed by atoms with van der Waals surface area (Å²) < 4.78 is 12.3. The van der Waals surface area contributed by atoms with Crippen molar-refractivity contribution in [3.8, 4) is 0 Å². The maximum atomic E-state index is 12.3. The van der Waals surface area contributed by atoms with Gasteiger partial charge < -0.3 is 0 Å². The number of hydrogen-bond acceptors (Lipinski definition) is 3. The zero-order valence-electron chi connectivity index (χ0n) is 8.75. The molecule has 0 unspecified atom stereocenters. The molecule has 0 heterocycles. The summed E-state index contributed by atoms with van der Waals surface area (Å²) in [5, 5.41) is 0.523. The lowest BCUT2D eigenvalue weighted by molar-refractivity contribution is 0.598. The maximum Gasteiger partial charge on any atom is 0.213 e. The number of rotatable bonds is 6. The van der Waals surface area contributed by atoms with E-state index >= 15 is 0 Å². The van der Waals surface area contributed by atoms with Crippen molar-refractivity contribution in [1.29, 1.82) is 0 Å².